The SMILES string of the molecule is CCOC(=O)C(C)C[C@@H](C)NC(=O)CCC=O. The Hall–Kier alpha value is -1.39. The number of carbonyl (C=O) groups is 3. The molecule has 0 saturated heterocycles. The summed E-state index contributed by atoms with van der Waals surface area (Å²) in [7, 11) is 0. The second-order valence-corrected chi connectivity index (χ2v) is 4.06. The molecule has 0 aromatic carbocycles. The van der Waals surface area contributed by atoms with Crippen LogP contribution < -0.4 is 5.32 Å². The first-order chi connectivity index (χ1) is 8.01. The van der Waals surface area contributed by atoms with E-state index in [1.54, 1.807) is 13.8 Å². The largest absolute Gasteiger partial charge is 0.466 e. The van der Waals surface area contributed by atoms with Gasteiger partial charge in [0.15, 0.2) is 0 Å². The van der Waals surface area contributed by atoms with Gasteiger partial charge in [0.25, 0.3) is 0 Å². The van der Waals surface area contributed by atoms with E-state index in [4.69, 9.17) is 4.74 Å². The zero-order chi connectivity index (χ0) is 13.3. The standard InChI is InChI=1S/C12H21NO4/c1-4-17-12(16)9(2)8-10(3)13-11(15)6-5-7-14/h7,9-10H,4-6,8H2,1-3H3,(H,13,15)/t9?,10-/m1/s1. The Balaban J connectivity index is 3.91. The van der Waals surface area contributed by atoms with Gasteiger partial charge in [-0.1, -0.05) is 6.92 Å². The first-order valence-corrected chi connectivity index (χ1v) is 5.90. The van der Waals surface area contributed by atoms with Crippen molar-refractivity contribution in [1.82, 2.24) is 5.32 Å². The van der Waals surface area contributed by atoms with Gasteiger partial charge in [-0.15, -0.1) is 0 Å². The van der Waals surface area contributed by atoms with Crippen LogP contribution in [0, 0.1) is 5.92 Å². The molecule has 0 aromatic rings. The summed E-state index contributed by atoms with van der Waals surface area (Å²) in [4.78, 5) is 32.8. The molecule has 0 bridgehead atoms. The lowest BCUT2D eigenvalue weighted by Crippen LogP contribution is -2.35. The Morgan fingerprint density at radius 3 is 2.53 bits per heavy atom. The molecule has 0 radical (unpaired) electrons. The molecule has 0 saturated carbocycles. The van der Waals surface area contributed by atoms with Gasteiger partial charge in [-0.05, 0) is 20.3 Å². The summed E-state index contributed by atoms with van der Waals surface area (Å²) >= 11 is 0. The van der Waals surface area contributed by atoms with Crippen LogP contribution in [0.15, 0.2) is 0 Å². The molecule has 0 heterocycles. The number of hydrogen-bond acceptors (Lipinski definition) is 4. The Kier molecular flexibility index (Phi) is 8.01. The van der Waals surface area contributed by atoms with E-state index >= 15 is 0 Å². The molecular formula is C12H21NO4. The molecule has 0 aliphatic rings. The third-order valence-corrected chi connectivity index (χ3v) is 2.29. The maximum atomic E-state index is 11.4. The summed E-state index contributed by atoms with van der Waals surface area (Å²) in [6.45, 7) is 5.72. The molecule has 0 spiro atoms. The van der Waals surface area contributed by atoms with Crippen molar-refractivity contribution in [1.29, 1.82) is 0 Å². The van der Waals surface area contributed by atoms with Crippen molar-refractivity contribution in [3.63, 3.8) is 0 Å². The van der Waals surface area contributed by atoms with E-state index in [2.05, 4.69) is 5.32 Å². The van der Waals surface area contributed by atoms with E-state index in [1.807, 2.05) is 6.92 Å². The highest BCUT2D eigenvalue weighted by molar-refractivity contribution is 5.78. The molecule has 5 heteroatoms. The van der Waals surface area contributed by atoms with Gasteiger partial charge in [0.2, 0.25) is 5.91 Å². The van der Waals surface area contributed by atoms with Crippen LogP contribution in [0.2, 0.25) is 0 Å². The first-order valence-electron chi connectivity index (χ1n) is 5.90. The summed E-state index contributed by atoms with van der Waals surface area (Å²) < 4.78 is 4.88. The average Bonchev–Trinajstić information content (AvgIpc) is 2.26. The molecule has 17 heavy (non-hydrogen) atoms. The minimum Gasteiger partial charge on any atom is -0.466 e. The van der Waals surface area contributed by atoms with Crippen LogP contribution in [-0.2, 0) is 19.1 Å². The molecule has 0 fully saturated rings. The summed E-state index contributed by atoms with van der Waals surface area (Å²) in [5.74, 6) is -0.654. The minimum absolute atomic E-state index is 0.103. The highest BCUT2D eigenvalue weighted by Crippen LogP contribution is 2.08. The lowest BCUT2D eigenvalue weighted by molar-refractivity contribution is -0.148. The quantitative estimate of drug-likeness (QED) is 0.511. The minimum atomic E-state index is -0.249. The van der Waals surface area contributed by atoms with Crippen LogP contribution in [-0.4, -0.2) is 30.8 Å². The Labute approximate surface area is 102 Å². The van der Waals surface area contributed by atoms with Gasteiger partial charge < -0.3 is 14.8 Å². The monoisotopic (exact) mass is 243 g/mol. The van der Waals surface area contributed by atoms with Crippen molar-refractivity contribution in [3.05, 3.63) is 0 Å². The Morgan fingerprint density at radius 1 is 1.35 bits per heavy atom. The number of amides is 1. The average molecular weight is 243 g/mol. The number of aldehydes is 1. The molecule has 5 nitrogen and oxygen atoms in total. The van der Waals surface area contributed by atoms with E-state index in [-0.39, 0.29) is 36.7 Å². The van der Waals surface area contributed by atoms with Crippen LogP contribution in [0.4, 0.5) is 0 Å². The van der Waals surface area contributed by atoms with Crippen molar-refractivity contribution in [2.45, 2.75) is 46.1 Å². The number of ether oxygens (including phenoxy) is 1. The van der Waals surface area contributed by atoms with Gasteiger partial charge in [-0.2, -0.15) is 0 Å². The molecule has 1 amide bonds. The molecule has 0 rings (SSSR count). The number of nitrogens with one attached hydrogen (secondary N) is 1. The molecule has 0 aromatic heterocycles. The van der Waals surface area contributed by atoms with E-state index in [1.165, 1.54) is 0 Å². The zero-order valence-electron chi connectivity index (χ0n) is 10.7. The molecule has 1 N–H and O–H groups in total. The van der Waals surface area contributed by atoms with Crippen molar-refractivity contribution >= 4 is 18.2 Å². The smallest absolute Gasteiger partial charge is 0.308 e. The van der Waals surface area contributed by atoms with Crippen molar-refractivity contribution in [2.24, 2.45) is 5.92 Å². The fraction of sp³-hybridized carbons (Fsp3) is 0.750. The fourth-order valence-electron chi connectivity index (χ4n) is 1.51. The van der Waals surface area contributed by atoms with Gasteiger partial charge in [0.05, 0.1) is 12.5 Å². The maximum Gasteiger partial charge on any atom is 0.308 e. The summed E-state index contributed by atoms with van der Waals surface area (Å²) in [6.07, 6.45) is 1.67. The van der Waals surface area contributed by atoms with Crippen molar-refractivity contribution in [3.8, 4) is 0 Å². The third kappa shape index (κ3) is 7.49. The molecule has 1 unspecified atom stereocenters. The summed E-state index contributed by atoms with van der Waals surface area (Å²) in [5.41, 5.74) is 0. The molecule has 0 aliphatic carbocycles. The van der Waals surface area contributed by atoms with Crippen LogP contribution in [0.25, 0.3) is 0 Å². The summed E-state index contributed by atoms with van der Waals surface area (Å²) in [6, 6.07) is -0.103. The topological polar surface area (TPSA) is 72.5 Å². The second kappa shape index (κ2) is 8.73. The van der Waals surface area contributed by atoms with Gasteiger partial charge >= 0.3 is 5.97 Å². The molecular weight excluding hydrogens is 222 g/mol. The van der Waals surface area contributed by atoms with Gasteiger partial charge in [0, 0.05) is 18.9 Å². The number of esters is 1. The number of hydrogen-bond donors (Lipinski definition) is 1. The Bertz CT molecular complexity index is 265. The predicted octanol–water partition coefficient (Wildman–Crippen LogP) is 1.06. The van der Waals surface area contributed by atoms with Gasteiger partial charge in [0.1, 0.15) is 6.29 Å². The van der Waals surface area contributed by atoms with Crippen LogP contribution in [0.5, 0.6) is 0 Å². The first kappa shape index (κ1) is 15.6. The lowest BCUT2D eigenvalue weighted by atomic mass is 10.0. The van der Waals surface area contributed by atoms with Crippen LogP contribution in [0.1, 0.15) is 40.0 Å². The maximum absolute atomic E-state index is 11.4. The Morgan fingerprint density at radius 2 is 2.00 bits per heavy atom. The van der Waals surface area contributed by atoms with E-state index in [9.17, 15) is 14.4 Å². The number of rotatable bonds is 8. The van der Waals surface area contributed by atoms with Gasteiger partial charge in [-0.25, -0.2) is 0 Å². The lowest BCUT2D eigenvalue weighted by Gasteiger charge is -2.17. The third-order valence-electron chi connectivity index (χ3n) is 2.29. The molecule has 0 aliphatic heterocycles. The fourth-order valence-corrected chi connectivity index (χ4v) is 1.51. The normalized spacial score (nSPS) is 13.6. The highest BCUT2D eigenvalue weighted by atomic mass is 16.5. The summed E-state index contributed by atoms with van der Waals surface area (Å²) in [5, 5.41) is 2.74. The van der Waals surface area contributed by atoms with Crippen LogP contribution in [0.3, 0.4) is 0 Å². The van der Waals surface area contributed by atoms with Crippen molar-refractivity contribution in [2.75, 3.05) is 6.61 Å². The highest BCUT2D eigenvalue weighted by Gasteiger charge is 2.18. The zero-order valence-corrected chi connectivity index (χ0v) is 10.7. The molecule has 2 atom stereocenters. The molecule has 98 valence electrons. The van der Waals surface area contributed by atoms with E-state index < -0.39 is 0 Å². The van der Waals surface area contributed by atoms with Crippen molar-refractivity contribution < 1.29 is 19.1 Å². The van der Waals surface area contributed by atoms with E-state index in [0.717, 1.165) is 0 Å². The van der Waals surface area contributed by atoms with E-state index in [0.29, 0.717) is 19.3 Å². The number of carbonyl (C=O) groups excluding carboxylic acids is 3. The second-order valence-electron chi connectivity index (χ2n) is 4.06. The predicted molar refractivity (Wildman–Crippen MR) is 63.3 cm³/mol. The van der Waals surface area contributed by atoms with Crippen LogP contribution >= 0.6 is 0 Å². The van der Waals surface area contributed by atoms with Gasteiger partial charge in [-0.3, -0.25) is 9.59 Å².